The molecule has 0 aliphatic carbocycles. The number of nitrogens with one attached hydrogen (secondary N) is 1. The number of hydrogen-bond acceptors (Lipinski definition) is 2. The topological polar surface area (TPSA) is 38.0 Å². The summed E-state index contributed by atoms with van der Waals surface area (Å²) in [7, 11) is 0. The Labute approximate surface area is 109 Å². The van der Waals surface area contributed by atoms with Crippen molar-refractivity contribution in [2.45, 2.75) is 72.1 Å². The van der Waals surface area contributed by atoms with Gasteiger partial charge in [0.2, 0.25) is 0 Å². The van der Waals surface area contributed by atoms with E-state index < -0.39 is 0 Å². The highest BCUT2D eigenvalue weighted by atomic mass is 14.8. The Balaban J connectivity index is 2.99. The van der Waals surface area contributed by atoms with Gasteiger partial charge in [-0.25, -0.2) is 0 Å². The zero-order valence-electron chi connectivity index (χ0n) is 12.4. The SMILES string of the molecule is CC(C)(C)CCCNCCCCCCCCN. The molecule has 2 nitrogen and oxygen atoms in total. The molecule has 0 aromatic heterocycles. The lowest BCUT2D eigenvalue weighted by Gasteiger charge is -2.17. The van der Waals surface area contributed by atoms with Crippen molar-refractivity contribution in [3.05, 3.63) is 0 Å². The van der Waals surface area contributed by atoms with E-state index in [0.717, 1.165) is 6.54 Å². The second kappa shape index (κ2) is 11.0. The van der Waals surface area contributed by atoms with E-state index in [-0.39, 0.29) is 0 Å². The predicted molar refractivity (Wildman–Crippen MR) is 78.3 cm³/mol. The van der Waals surface area contributed by atoms with Gasteiger partial charge < -0.3 is 11.1 Å². The Bertz CT molecular complexity index is 149. The van der Waals surface area contributed by atoms with Crippen molar-refractivity contribution in [1.82, 2.24) is 5.32 Å². The van der Waals surface area contributed by atoms with Crippen LogP contribution in [0.1, 0.15) is 72.1 Å². The molecule has 0 aromatic rings. The smallest absolute Gasteiger partial charge is 0.00487 e. The lowest BCUT2D eigenvalue weighted by molar-refractivity contribution is 0.360. The summed E-state index contributed by atoms with van der Waals surface area (Å²) in [4.78, 5) is 0. The van der Waals surface area contributed by atoms with Gasteiger partial charge in [-0.2, -0.15) is 0 Å². The maximum Gasteiger partial charge on any atom is -0.00487 e. The van der Waals surface area contributed by atoms with Crippen LogP contribution in [0, 0.1) is 5.41 Å². The average molecular weight is 242 g/mol. The molecule has 104 valence electrons. The van der Waals surface area contributed by atoms with Crippen LogP contribution in [0.2, 0.25) is 0 Å². The van der Waals surface area contributed by atoms with E-state index in [1.165, 1.54) is 64.5 Å². The van der Waals surface area contributed by atoms with Gasteiger partial charge in [-0.05, 0) is 50.7 Å². The first-order valence-electron chi connectivity index (χ1n) is 7.47. The quantitative estimate of drug-likeness (QED) is 0.542. The molecule has 2 heteroatoms. The van der Waals surface area contributed by atoms with Gasteiger partial charge in [0.05, 0.1) is 0 Å². The Kier molecular flexibility index (Phi) is 11.0. The van der Waals surface area contributed by atoms with Crippen molar-refractivity contribution in [2.24, 2.45) is 11.1 Å². The number of nitrogens with two attached hydrogens (primary N) is 1. The van der Waals surface area contributed by atoms with Gasteiger partial charge in [0.1, 0.15) is 0 Å². The van der Waals surface area contributed by atoms with Crippen LogP contribution in [0.3, 0.4) is 0 Å². The summed E-state index contributed by atoms with van der Waals surface area (Å²) in [5.41, 5.74) is 5.95. The van der Waals surface area contributed by atoms with Crippen LogP contribution >= 0.6 is 0 Å². The van der Waals surface area contributed by atoms with Crippen molar-refractivity contribution in [2.75, 3.05) is 19.6 Å². The van der Waals surface area contributed by atoms with Crippen molar-refractivity contribution < 1.29 is 0 Å². The summed E-state index contributed by atoms with van der Waals surface area (Å²) >= 11 is 0. The minimum atomic E-state index is 0.491. The van der Waals surface area contributed by atoms with Crippen LogP contribution in [0.25, 0.3) is 0 Å². The summed E-state index contributed by atoms with van der Waals surface area (Å²) in [5, 5.41) is 3.54. The molecule has 0 rings (SSSR count). The third kappa shape index (κ3) is 15.9. The van der Waals surface area contributed by atoms with Crippen LogP contribution in [-0.4, -0.2) is 19.6 Å². The van der Waals surface area contributed by atoms with E-state index in [4.69, 9.17) is 5.73 Å². The second-order valence-corrected chi connectivity index (χ2v) is 6.32. The molecule has 0 saturated carbocycles. The van der Waals surface area contributed by atoms with Gasteiger partial charge >= 0.3 is 0 Å². The van der Waals surface area contributed by atoms with Crippen LogP contribution in [0.15, 0.2) is 0 Å². The van der Waals surface area contributed by atoms with Crippen molar-refractivity contribution in [3.63, 3.8) is 0 Å². The minimum absolute atomic E-state index is 0.491. The third-order valence-corrected chi connectivity index (χ3v) is 3.09. The van der Waals surface area contributed by atoms with Gasteiger partial charge in [0, 0.05) is 0 Å². The van der Waals surface area contributed by atoms with Crippen molar-refractivity contribution in [3.8, 4) is 0 Å². The average Bonchev–Trinajstić information content (AvgIpc) is 2.24. The molecule has 0 unspecified atom stereocenters. The van der Waals surface area contributed by atoms with E-state index in [2.05, 4.69) is 26.1 Å². The van der Waals surface area contributed by atoms with Gasteiger partial charge in [-0.3, -0.25) is 0 Å². The van der Waals surface area contributed by atoms with Crippen LogP contribution < -0.4 is 11.1 Å². The Morgan fingerprint density at radius 3 is 1.88 bits per heavy atom. The number of unbranched alkanes of at least 4 members (excludes halogenated alkanes) is 5. The van der Waals surface area contributed by atoms with E-state index >= 15 is 0 Å². The molecule has 0 radical (unpaired) electrons. The predicted octanol–water partition coefficient (Wildman–Crippen LogP) is 3.70. The first-order valence-corrected chi connectivity index (χ1v) is 7.47. The second-order valence-electron chi connectivity index (χ2n) is 6.32. The molecule has 0 saturated heterocycles. The van der Waals surface area contributed by atoms with E-state index in [9.17, 15) is 0 Å². The first-order chi connectivity index (χ1) is 8.06. The third-order valence-electron chi connectivity index (χ3n) is 3.09. The molecule has 0 aromatic carbocycles. The number of rotatable bonds is 11. The normalized spacial score (nSPS) is 12.0. The van der Waals surface area contributed by atoms with E-state index in [0.29, 0.717) is 5.41 Å². The van der Waals surface area contributed by atoms with Gasteiger partial charge in [-0.15, -0.1) is 0 Å². The maximum absolute atomic E-state index is 5.46. The summed E-state index contributed by atoms with van der Waals surface area (Å²) < 4.78 is 0. The summed E-state index contributed by atoms with van der Waals surface area (Å²) in [6.07, 6.45) is 10.6. The van der Waals surface area contributed by atoms with Gasteiger partial charge in [-0.1, -0.05) is 46.5 Å². The van der Waals surface area contributed by atoms with Crippen molar-refractivity contribution >= 4 is 0 Å². The lowest BCUT2D eigenvalue weighted by Crippen LogP contribution is -2.18. The molecular weight excluding hydrogens is 208 g/mol. The Morgan fingerprint density at radius 2 is 1.29 bits per heavy atom. The molecule has 0 aliphatic heterocycles. The molecule has 0 bridgehead atoms. The summed E-state index contributed by atoms with van der Waals surface area (Å²) in [5.74, 6) is 0. The highest BCUT2D eigenvalue weighted by Crippen LogP contribution is 2.19. The summed E-state index contributed by atoms with van der Waals surface area (Å²) in [6.45, 7) is 10.2. The van der Waals surface area contributed by atoms with Crippen LogP contribution in [0.5, 0.6) is 0 Å². The molecule has 0 amide bonds. The highest BCUT2D eigenvalue weighted by molar-refractivity contribution is 4.62. The fourth-order valence-electron chi connectivity index (χ4n) is 1.97. The Hall–Kier alpha value is -0.0800. The first kappa shape index (κ1) is 16.9. The minimum Gasteiger partial charge on any atom is -0.330 e. The molecule has 0 atom stereocenters. The summed E-state index contributed by atoms with van der Waals surface area (Å²) in [6, 6.07) is 0. The fraction of sp³-hybridized carbons (Fsp3) is 1.00. The zero-order valence-corrected chi connectivity index (χ0v) is 12.4. The van der Waals surface area contributed by atoms with Crippen molar-refractivity contribution in [1.29, 1.82) is 0 Å². The molecule has 0 heterocycles. The maximum atomic E-state index is 5.46. The van der Waals surface area contributed by atoms with Crippen LogP contribution in [-0.2, 0) is 0 Å². The molecule has 0 fully saturated rings. The Morgan fingerprint density at radius 1 is 0.765 bits per heavy atom. The molecule has 3 N–H and O–H groups in total. The van der Waals surface area contributed by atoms with Gasteiger partial charge in [0.15, 0.2) is 0 Å². The standard InChI is InChI=1S/C15H34N2/c1-15(2,3)11-10-14-17-13-9-7-5-4-6-8-12-16/h17H,4-14,16H2,1-3H3. The van der Waals surface area contributed by atoms with Crippen LogP contribution in [0.4, 0.5) is 0 Å². The molecule has 17 heavy (non-hydrogen) atoms. The molecule has 0 aliphatic rings. The van der Waals surface area contributed by atoms with Gasteiger partial charge in [0.25, 0.3) is 0 Å². The molecule has 0 spiro atoms. The van der Waals surface area contributed by atoms with E-state index in [1.54, 1.807) is 0 Å². The number of hydrogen-bond donors (Lipinski definition) is 2. The fourth-order valence-corrected chi connectivity index (χ4v) is 1.97. The lowest BCUT2D eigenvalue weighted by atomic mass is 9.91. The zero-order chi connectivity index (χ0) is 13.0. The highest BCUT2D eigenvalue weighted by Gasteiger charge is 2.08. The van der Waals surface area contributed by atoms with E-state index in [1.807, 2.05) is 0 Å². The molecular formula is C15H34N2. The largest absolute Gasteiger partial charge is 0.330 e. The monoisotopic (exact) mass is 242 g/mol.